The van der Waals surface area contributed by atoms with Crippen molar-refractivity contribution >= 4 is 6.72 Å². The monoisotopic (exact) mass is 137 g/mol. The summed E-state index contributed by atoms with van der Waals surface area (Å²) in [6.07, 6.45) is 4.62. The highest BCUT2D eigenvalue weighted by atomic mass is 14.7. The Morgan fingerprint density at radius 1 is 1.60 bits per heavy atom. The summed E-state index contributed by atoms with van der Waals surface area (Å²) in [7, 11) is 0. The second-order valence-corrected chi connectivity index (χ2v) is 2.65. The fourth-order valence-corrected chi connectivity index (χ4v) is 0.740. The van der Waals surface area contributed by atoms with Crippen LogP contribution < -0.4 is 0 Å². The molecule has 0 spiro atoms. The lowest BCUT2D eigenvalue weighted by atomic mass is 10.1. The predicted molar refractivity (Wildman–Crippen MR) is 47.3 cm³/mol. The van der Waals surface area contributed by atoms with Gasteiger partial charge in [0.2, 0.25) is 0 Å². The smallest absolute Gasteiger partial charge is 0.0398 e. The predicted octanol–water partition coefficient (Wildman–Crippen LogP) is 2.80. The van der Waals surface area contributed by atoms with Crippen LogP contribution in [0.3, 0.4) is 0 Å². The molecule has 0 amide bonds. The first-order valence-electron chi connectivity index (χ1n) is 3.49. The molecule has 0 unspecified atom stereocenters. The van der Waals surface area contributed by atoms with Gasteiger partial charge in [-0.1, -0.05) is 26.5 Å². The number of hydrogen-bond acceptors (Lipinski definition) is 1. The Balaban J connectivity index is 3.95. The molecule has 0 aliphatic rings. The third-order valence-corrected chi connectivity index (χ3v) is 1.13. The van der Waals surface area contributed by atoms with E-state index in [2.05, 4.69) is 32.1 Å². The number of rotatable bonds is 4. The second kappa shape index (κ2) is 4.98. The van der Waals surface area contributed by atoms with E-state index >= 15 is 0 Å². The zero-order chi connectivity index (χ0) is 7.98. The first kappa shape index (κ1) is 9.15. The van der Waals surface area contributed by atoms with Gasteiger partial charge < -0.3 is 0 Å². The molecule has 0 aromatic rings. The number of allylic oxidation sites excluding steroid dienone is 3. The van der Waals surface area contributed by atoms with Gasteiger partial charge in [0.25, 0.3) is 0 Å². The van der Waals surface area contributed by atoms with Gasteiger partial charge in [-0.25, -0.2) is 0 Å². The average Bonchev–Trinajstić information content (AvgIpc) is 1.86. The SMILES string of the molecule is C=C/C=C(\CC(C)C)N=C. The van der Waals surface area contributed by atoms with Crippen molar-refractivity contribution in [3.63, 3.8) is 0 Å². The maximum Gasteiger partial charge on any atom is 0.0398 e. The summed E-state index contributed by atoms with van der Waals surface area (Å²) in [5.41, 5.74) is 1.02. The number of aliphatic imine (C=N–C) groups is 1. The van der Waals surface area contributed by atoms with Crippen LogP contribution in [-0.2, 0) is 0 Å². The average molecular weight is 137 g/mol. The van der Waals surface area contributed by atoms with Crippen molar-refractivity contribution in [3.05, 3.63) is 24.4 Å². The molecular weight excluding hydrogens is 122 g/mol. The Hall–Kier alpha value is -0.850. The van der Waals surface area contributed by atoms with Crippen LogP contribution in [0.4, 0.5) is 0 Å². The van der Waals surface area contributed by atoms with Crippen LogP contribution in [0.5, 0.6) is 0 Å². The first-order valence-corrected chi connectivity index (χ1v) is 3.49. The summed E-state index contributed by atoms with van der Waals surface area (Å²) < 4.78 is 0. The van der Waals surface area contributed by atoms with E-state index in [1.807, 2.05) is 6.08 Å². The highest BCUT2D eigenvalue weighted by Crippen LogP contribution is 2.10. The van der Waals surface area contributed by atoms with Gasteiger partial charge in [-0.3, -0.25) is 4.99 Å². The van der Waals surface area contributed by atoms with Crippen molar-refractivity contribution in [2.24, 2.45) is 10.9 Å². The van der Waals surface area contributed by atoms with Gasteiger partial charge in [0.05, 0.1) is 0 Å². The Morgan fingerprint density at radius 3 is 2.50 bits per heavy atom. The molecule has 56 valence electrons. The summed E-state index contributed by atoms with van der Waals surface area (Å²) in [5.74, 6) is 0.636. The van der Waals surface area contributed by atoms with Crippen molar-refractivity contribution in [1.82, 2.24) is 0 Å². The van der Waals surface area contributed by atoms with Gasteiger partial charge in [-0.2, -0.15) is 0 Å². The van der Waals surface area contributed by atoms with Crippen molar-refractivity contribution in [3.8, 4) is 0 Å². The van der Waals surface area contributed by atoms with Crippen molar-refractivity contribution in [2.75, 3.05) is 0 Å². The molecule has 0 aromatic heterocycles. The molecule has 1 heteroatoms. The van der Waals surface area contributed by atoms with Gasteiger partial charge >= 0.3 is 0 Å². The minimum Gasteiger partial charge on any atom is -0.269 e. The van der Waals surface area contributed by atoms with E-state index in [9.17, 15) is 0 Å². The van der Waals surface area contributed by atoms with E-state index in [-0.39, 0.29) is 0 Å². The molecule has 0 rings (SSSR count). The van der Waals surface area contributed by atoms with E-state index in [1.54, 1.807) is 6.08 Å². The van der Waals surface area contributed by atoms with E-state index < -0.39 is 0 Å². The van der Waals surface area contributed by atoms with Gasteiger partial charge in [0.15, 0.2) is 0 Å². The van der Waals surface area contributed by atoms with Gasteiger partial charge in [-0.05, 0) is 25.1 Å². The largest absolute Gasteiger partial charge is 0.269 e. The molecule has 0 aromatic carbocycles. The standard InChI is InChI=1S/C9H15N/c1-5-6-9(10-4)7-8(2)3/h5-6,8H,1,4,7H2,2-3H3/b9-6+. The summed E-state index contributed by atoms with van der Waals surface area (Å²) in [6, 6.07) is 0. The Morgan fingerprint density at radius 2 is 2.20 bits per heavy atom. The molecule has 0 fully saturated rings. The van der Waals surface area contributed by atoms with Gasteiger partial charge in [0.1, 0.15) is 0 Å². The van der Waals surface area contributed by atoms with Gasteiger partial charge in [-0.15, -0.1) is 0 Å². The van der Waals surface area contributed by atoms with Crippen LogP contribution in [0.2, 0.25) is 0 Å². The number of hydrogen-bond donors (Lipinski definition) is 0. The van der Waals surface area contributed by atoms with Crippen molar-refractivity contribution in [1.29, 1.82) is 0 Å². The normalized spacial score (nSPS) is 11.7. The fourth-order valence-electron chi connectivity index (χ4n) is 0.740. The Bertz CT molecular complexity index is 143. The maximum absolute atomic E-state index is 3.86. The molecule has 1 nitrogen and oxygen atoms in total. The molecule has 0 atom stereocenters. The minimum absolute atomic E-state index is 0.636. The molecule has 0 saturated carbocycles. The van der Waals surface area contributed by atoms with Crippen LogP contribution in [0.25, 0.3) is 0 Å². The van der Waals surface area contributed by atoms with E-state index in [0.717, 1.165) is 12.1 Å². The lowest BCUT2D eigenvalue weighted by molar-refractivity contribution is 0.639. The fraction of sp³-hybridized carbons (Fsp3) is 0.444. The summed E-state index contributed by atoms with van der Waals surface area (Å²) >= 11 is 0. The highest BCUT2D eigenvalue weighted by Gasteiger charge is 1.95. The third kappa shape index (κ3) is 4.07. The molecule has 0 heterocycles. The number of nitrogens with zero attached hydrogens (tertiary/aromatic N) is 1. The summed E-state index contributed by atoms with van der Waals surface area (Å²) in [4.78, 5) is 3.86. The molecular formula is C9H15N. The third-order valence-electron chi connectivity index (χ3n) is 1.13. The molecule has 0 aliphatic carbocycles. The van der Waals surface area contributed by atoms with Crippen LogP contribution in [-0.4, -0.2) is 6.72 Å². The molecule has 10 heavy (non-hydrogen) atoms. The molecule has 0 aliphatic heterocycles. The van der Waals surface area contributed by atoms with Crippen LogP contribution in [0.15, 0.2) is 29.4 Å². The zero-order valence-corrected chi connectivity index (χ0v) is 6.80. The second-order valence-electron chi connectivity index (χ2n) is 2.65. The van der Waals surface area contributed by atoms with Crippen LogP contribution in [0, 0.1) is 5.92 Å². The Kier molecular flexibility index (Phi) is 4.55. The van der Waals surface area contributed by atoms with Crippen molar-refractivity contribution < 1.29 is 0 Å². The topological polar surface area (TPSA) is 12.4 Å². The first-order chi connectivity index (χ1) is 4.70. The van der Waals surface area contributed by atoms with Crippen molar-refractivity contribution in [2.45, 2.75) is 20.3 Å². The minimum atomic E-state index is 0.636. The summed E-state index contributed by atoms with van der Waals surface area (Å²) in [6.45, 7) is 11.4. The Labute approximate surface area is 63.2 Å². The quantitative estimate of drug-likeness (QED) is 0.417. The van der Waals surface area contributed by atoms with E-state index in [1.165, 1.54) is 0 Å². The van der Waals surface area contributed by atoms with E-state index in [4.69, 9.17) is 0 Å². The molecule has 0 saturated heterocycles. The lowest BCUT2D eigenvalue weighted by Gasteiger charge is -2.02. The van der Waals surface area contributed by atoms with Crippen LogP contribution in [0.1, 0.15) is 20.3 Å². The molecule has 0 radical (unpaired) electrons. The molecule has 0 N–H and O–H groups in total. The van der Waals surface area contributed by atoms with Gasteiger partial charge in [0, 0.05) is 5.70 Å². The zero-order valence-electron chi connectivity index (χ0n) is 6.80. The lowest BCUT2D eigenvalue weighted by Crippen LogP contribution is -1.88. The van der Waals surface area contributed by atoms with Crippen LogP contribution >= 0.6 is 0 Å². The highest BCUT2D eigenvalue weighted by molar-refractivity contribution is 5.30. The van der Waals surface area contributed by atoms with E-state index in [0.29, 0.717) is 5.92 Å². The maximum atomic E-state index is 3.86. The molecule has 0 bridgehead atoms. The summed E-state index contributed by atoms with van der Waals surface area (Å²) in [5, 5.41) is 0.